The maximum absolute atomic E-state index is 11.8. The normalized spacial score (nSPS) is 19.2. The molecule has 1 heterocycles. The van der Waals surface area contributed by atoms with Gasteiger partial charge in [0.05, 0.1) is 17.8 Å². The summed E-state index contributed by atoms with van der Waals surface area (Å²) in [6.07, 6.45) is 2.09. The van der Waals surface area contributed by atoms with Crippen LogP contribution in [-0.2, 0) is 11.3 Å². The second kappa shape index (κ2) is 3.90. The Kier molecular flexibility index (Phi) is 2.71. The van der Waals surface area contributed by atoms with E-state index in [1.54, 1.807) is 13.0 Å². The molecule has 0 radical (unpaired) electrons. The number of nitrogens with zero attached hydrogens (tertiary/aromatic N) is 1. The van der Waals surface area contributed by atoms with Crippen molar-refractivity contribution in [3.8, 4) is 0 Å². The first-order valence-electron chi connectivity index (χ1n) is 5.49. The molecule has 5 heteroatoms. The smallest absolute Gasteiger partial charge is 0.240 e. The van der Waals surface area contributed by atoms with Crippen molar-refractivity contribution >= 4 is 5.91 Å². The standard InChI is InChI=1S/C11H17N3O2/c1-7-5-9(16-14-7)6-13-10(15)11(2,12)8-3-4-8/h5,8H,3-4,6,12H2,1-2H3,(H,13,15). The van der Waals surface area contributed by atoms with E-state index in [1.807, 2.05) is 6.92 Å². The van der Waals surface area contributed by atoms with Crippen LogP contribution in [0.15, 0.2) is 10.6 Å². The third kappa shape index (κ3) is 2.24. The number of carbonyl (C=O) groups excluding carboxylic acids is 1. The number of nitrogens with one attached hydrogen (secondary N) is 1. The van der Waals surface area contributed by atoms with E-state index in [4.69, 9.17) is 10.3 Å². The summed E-state index contributed by atoms with van der Waals surface area (Å²) in [4.78, 5) is 11.8. The van der Waals surface area contributed by atoms with Crippen LogP contribution < -0.4 is 11.1 Å². The molecular formula is C11H17N3O2. The lowest BCUT2D eigenvalue weighted by atomic mass is 9.96. The quantitative estimate of drug-likeness (QED) is 0.788. The summed E-state index contributed by atoms with van der Waals surface area (Å²) in [5.41, 5.74) is 6.03. The highest BCUT2D eigenvalue weighted by atomic mass is 16.5. The lowest BCUT2D eigenvalue weighted by molar-refractivity contribution is -0.126. The van der Waals surface area contributed by atoms with Crippen molar-refractivity contribution in [1.29, 1.82) is 0 Å². The topological polar surface area (TPSA) is 81.2 Å². The Hall–Kier alpha value is -1.36. The van der Waals surface area contributed by atoms with Gasteiger partial charge in [-0.15, -0.1) is 0 Å². The van der Waals surface area contributed by atoms with Gasteiger partial charge in [-0.25, -0.2) is 0 Å². The predicted octanol–water partition coefficient (Wildman–Crippen LogP) is 0.727. The minimum absolute atomic E-state index is 0.121. The zero-order valence-corrected chi connectivity index (χ0v) is 9.62. The zero-order chi connectivity index (χ0) is 11.8. The molecule has 88 valence electrons. The van der Waals surface area contributed by atoms with E-state index in [0.29, 0.717) is 18.2 Å². The Morgan fingerprint density at radius 1 is 1.75 bits per heavy atom. The Balaban J connectivity index is 1.88. The van der Waals surface area contributed by atoms with E-state index in [0.717, 1.165) is 18.5 Å². The van der Waals surface area contributed by atoms with Gasteiger partial charge in [-0.3, -0.25) is 4.79 Å². The number of carbonyl (C=O) groups is 1. The second-order valence-electron chi connectivity index (χ2n) is 4.67. The monoisotopic (exact) mass is 223 g/mol. The second-order valence-corrected chi connectivity index (χ2v) is 4.67. The Morgan fingerprint density at radius 2 is 2.44 bits per heavy atom. The highest BCUT2D eigenvalue weighted by Gasteiger charge is 2.43. The maximum Gasteiger partial charge on any atom is 0.240 e. The summed E-state index contributed by atoms with van der Waals surface area (Å²) >= 11 is 0. The van der Waals surface area contributed by atoms with Crippen LogP contribution in [0.2, 0.25) is 0 Å². The number of aryl methyl sites for hydroxylation is 1. The molecule has 16 heavy (non-hydrogen) atoms. The first-order valence-corrected chi connectivity index (χ1v) is 5.49. The molecule has 1 aromatic heterocycles. The molecular weight excluding hydrogens is 206 g/mol. The molecule has 1 unspecified atom stereocenters. The lowest BCUT2D eigenvalue weighted by Gasteiger charge is -2.22. The molecule has 0 saturated heterocycles. The first kappa shape index (κ1) is 11.1. The molecule has 1 saturated carbocycles. The van der Waals surface area contributed by atoms with Crippen LogP contribution in [0.4, 0.5) is 0 Å². The van der Waals surface area contributed by atoms with Crippen molar-refractivity contribution in [2.24, 2.45) is 11.7 Å². The van der Waals surface area contributed by atoms with Gasteiger partial charge in [-0.2, -0.15) is 0 Å². The van der Waals surface area contributed by atoms with Gasteiger partial charge in [0, 0.05) is 6.07 Å². The minimum atomic E-state index is -0.755. The molecule has 1 aliphatic rings. The molecule has 0 aliphatic heterocycles. The van der Waals surface area contributed by atoms with Gasteiger partial charge < -0.3 is 15.6 Å². The van der Waals surface area contributed by atoms with Crippen molar-refractivity contribution in [1.82, 2.24) is 10.5 Å². The van der Waals surface area contributed by atoms with Crippen molar-refractivity contribution in [2.75, 3.05) is 0 Å². The number of aromatic nitrogens is 1. The van der Waals surface area contributed by atoms with Gasteiger partial charge in [-0.1, -0.05) is 5.16 Å². The van der Waals surface area contributed by atoms with Gasteiger partial charge in [0.1, 0.15) is 0 Å². The molecule has 1 atom stereocenters. The van der Waals surface area contributed by atoms with Crippen molar-refractivity contribution < 1.29 is 9.32 Å². The molecule has 3 N–H and O–H groups in total. The van der Waals surface area contributed by atoms with E-state index >= 15 is 0 Å². The van der Waals surface area contributed by atoms with Crippen LogP contribution in [0.5, 0.6) is 0 Å². The molecule has 1 aliphatic carbocycles. The van der Waals surface area contributed by atoms with Gasteiger partial charge in [0.15, 0.2) is 5.76 Å². The number of hydrogen-bond acceptors (Lipinski definition) is 4. The third-order valence-electron chi connectivity index (χ3n) is 3.01. The maximum atomic E-state index is 11.8. The van der Waals surface area contributed by atoms with Crippen LogP contribution in [0.1, 0.15) is 31.2 Å². The molecule has 1 amide bonds. The number of rotatable bonds is 4. The summed E-state index contributed by atoms with van der Waals surface area (Å²) in [5, 5.41) is 6.52. The van der Waals surface area contributed by atoms with Crippen molar-refractivity contribution in [3.63, 3.8) is 0 Å². The van der Waals surface area contributed by atoms with Gasteiger partial charge in [0.25, 0.3) is 0 Å². The van der Waals surface area contributed by atoms with Crippen LogP contribution >= 0.6 is 0 Å². The van der Waals surface area contributed by atoms with Crippen LogP contribution in [0.3, 0.4) is 0 Å². The molecule has 0 aromatic carbocycles. The largest absolute Gasteiger partial charge is 0.359 e. The van der Waals surface area contributed by atoms with Crippen LogP contribution in [0, 0.1) is 12.8 Å². The average molecular weight is 223 g/mol. The first-order chi connectivity index (χ1) is 7.50. The molecule has 2 rings (SSSR count). The highest BCUT2D eigenvalue weighted by molar-refractivity contribution is 5.86. The van der Waals surface area contributed by atoms with Gasteiger partial charge in [-0.05, 0) is 32.6 Å². The zero-order valence-electron chi connectivity index (χ0n) is 9.62. The summed E-state index contributed by atoms with van der Waals surface area (Å²) in [5.74, 6) is 0.852. The van der Waals surface area contributed by atoms with E-state index in [1.165, 1.54) is 0 Å². The fourth-order valence-electron chi connectivity index (χ4n) is 1.73. The SMILES string of the molecule is Cc1cc(CNC(=O)C(C)(N)C2CC2)on1. The minimum Gasteiger partial charge on any atom is -0.359 e. The van der Waals surface area contributed by atoms with Crippen LogP contribution in [-0.4, -0.2) is 16.6 Å². The average Bonchev–Trinajstić information content (AvgIpc) is 3.00. The highest BCUT2D eigenvalue weighted by Crippen LogP contribution is 2.38. The predicted molar refractivity (Wildman–Crippen MR) is 58.4 cm³/mol. The van der Waals surface area contributed by atoms with E-state index in [2.05, 4.69) is 10.5 Å². The third-order valence-corrected chi connectivity index (χ3v) is 3.01. The van der Waals surface area contributed by atoms with Gasteiger partial charge >= 0.3 is 0 Å². The summed E-state index contributed by atoms with van der Waals surface area (Å²) < 4.78 is 5.00. The van der Waals surface area contributed by atoms with Crippen molar-refractivity contribution in [3.05, 3.63) is 17.5 Å². The Bertz CT molecular complexity index is 394. The van der Waals surface area contributed by atoms with E-state index in [-0.39, 0.29) is 5.91 Å². The summed E-state index contributed by atoms with van der Waals surface area (Å²) in [6, 6.07) is 1.80. The number of nitrogens with two attached hydrogens (primary N) is 1. The molecule has 0 spiro atoms. The van der Waals surface area contributed by atoms with Gasteiger partial charge in [0.2, 0.25) is 5.91 Å². The fourth-order valence-corrected chi connectivity index (χ4v) is 1.73. The Morgan fingerprint density at radius 3 is 2.94 bits per heavy atom. The number of hydrogen-bond donors (Lipinski definition) is 2. The number of amides is 1. The van der Waals surface area contributed by atoms with Crippen molar-refractivity contribution in [2.45, 2.75) is 38.8 Å². The molecule has 1 aromatic rings. The van der Waals surface area contributed by atoms with E-state index in [9.17, 15) is 4.79 Å². The fraction of sp³-hybridized carbons (Fsp3) is 0.636. The van der Waals surface area contributed by atoms with Crippen LogP contribution in [0.25, 0.3) is 0 Å². The molecule has 0 bridgehead atoms. The van der Waals surface area contributed by atoms with E-state index < -0.39 is 5.54 Å². The lowest BCUT2D eigenvalue weighted by Crippen LogP contribution is -2.53. The summed E-state index contributed by atoms with van der Waals surface area (Å²) in [6.45, 7) is 3.97. The molecule has 5 nitrogen and oxygen atoms in total. The summed E-state index contributed by atoms with van der Waals surface area (Å²) in [7, 11) is 0. The Labute approximate surface area is 94.4 Å². The molecule has 1 fully saturated rings.